The van der Waals surface area contributed by atoms with Crippen LogP contribution in [0.1, 0.15) is 26.7 Å². The van der Waals surface area contributed by atoms with E-state index >= 15 is 0 Å². The van der Waals surface area contributed by atoms with Crippen molar-refractivity contribution in [3.63, 3.8) is 0 Å². The average molecular weight is 588 g/mol. The lowest BCUT2D eigenvalue weighted by Crippen LogP contribution is -2.04. The molecule has 4 heteroatoms. The van der Waals surface area contributed by atoms with Gasteiger partial charge in [0, 0.05) is 31.3 Å². The summed E-state index contributed by atoms with van der Waals surface area (Å²) < 4.78 is 12.8. The number of ether oxygens (including phenoxy) is 2. The van der Waals surface area contributed by atoms with Crippen LogP contribution in [-0.4, -0.2) is 13.2 Å². The third-order valence-corrected chi connectivity index (χ3v) is 10.3. The van der Waals surface area contributed by atoms with E-state index in [4.69, 9.17) is 9.47 Å². The van der Waals surface area contributed by atoms with Crippen LogP contribution in [0, 0.1) is 0 Å². The van der Waals surface area contributed by atoms with Crippen LogP contribution in [0.4, 0.5) is 0 Å². The first-order valence-corrected chi connectivity index (χ1v) is 16.7. The molecule has 0 saturated heterocycles. The summed E-state index contributed by atoms with van der Waals surface area (Å²) in [6.45, 7) is 5.66. The van der Waals surface area contributed by atoms with Gasteiger partial charge in [0.15, 0.2) is 14.7 Å². The van der Waals surface area contributed by atoms with Gasteiger partial charge in [0.05, 0.1) is 24.1 Å². The molecule has 2 nitrogen and oxygen atoms in total. The molecule has 6 aromatic carbocycles. The van der Waals surface area contributed by atoms with E-state index in [9.17, 15) is 0 Å². The molecule has 0 atom stereocenters. The van der Waals surface area contributed by atoms with Crippen molar-refractivity contribution < 1.29 is 9.47 Å². The fraction of sp³-hybridized carbons (Fsp3) is 0.158. The van der Waals surface area contributed by atoms with Crippen LogP contribution in [0.15, 0.2) is 152 Å². The summed E-state index contributed by atoms with van der Waals surface area (Å²) in [5, 5.41) is 4.41. The minimum Gasteiger partial charge on any atom is -0.492 e. The average Bonchev–Trinajstić information content (AvgIpc) is 3.04. The summed E-state index contributed by atoms with van der Waals surface area (Å²) >= 11 is 1.78. The molecule has 0 fully saturated rings. The Bertz CT molecular complexity index is 1730. The molecule has 0 aliphatic carbocycles. The summed E-state index contributed by atoms with van der Waals surface area (Å²) in [6.07, 6.45) is 1.92. The standard InChI is InChI=1S/C38H35O2S2/c1-3-25-39-37-33-17-11-12-18-34(33)38(40-26-4-2)36-27-29(21-24-35(36)37)41-28-19-22-32(23-20-28)42(30-13-7-5-8-14-30)31-15-9-6-10-16-31/h5-24,27H,3-4,25-26H2,1-2H3/q+1. The van der Waals surface area contributed by atoms with E-state index in [1.54, 1.807) is 11.8 Å². The van der Waals surface area contributed by atoms with Crippen LogP contribution in [0.2, 0.25) is 0 Å². The van der Waals surface area contributed by atoms with Crippen molar-refractivity contribution in [2.75, 3.05) is 13.2 Å². The van der Waals surface area contributed by atoms with E-state index in [1.807, 2.05) is 0 Å². The maximum atomic E-state index is 6.41. The van der Waals surface area contributed by atoms with Gasteiger partial charge in [-0.3, -0.25) is 0 Å². The second-order valence-electron chi connectivity index (χ2n) is 10.1. The molecule has 42 heavy (non-hydrogen) atoms. The van der Waals surface area contributed by atoms with Crippen molar-refractivity contribution in [3.8, 4) is 11.5 Å². The molecule has 0 spiro atoms. The Labute approximate surface area is 256 Å². The topological polar surface area (TPSA) is 18.5 Å². The van der Waals surface area contributed by atoms with E-state index in [0.717, 1.165) is 45.9 Å². The van der Waals surface area contributed by atoms with Crippen molar-refractivity contribution in [2.45, 2.75) is 51.2 Å². The zero-order valence-electron chi connectivity index (χ0n) is 24.1. The number of hydrogen-bond acceptors (Lipinski definition) is 3. The molecule has 6 rings (SSSR count). The summed E-state index contributed by atoms with van der Waals surface area (Å²) in [7, 11) is -0.153. The Balaban J connectivity index is 1.36. The zero-order chi connectivity index (χ0) is 28.7. The highest BCUT2D eigenvalue weighted by molar-refractivity contribution is 7.99. The molecule has 0 amide bonds. The number of rotatable bonds is 11. The Morgan fingerprint density at radius 2 is 0.929 bits per heavy atom. The Morgan fingerprint density at radius 1 is 0.476 bits per heavy atom. The molecule has 6 aromatic rings. The zero-order valence-corrected chi connectivity index (χ0v) is 25.7. The Morgan fingerprint density at radius 3 is 1.48 bits per heavy atom. The first-order chi connectivity index (χ1) is 20.8. The lowest BCUT2D eigenvalue weighted by atomic mass is 10.0. The van der Waals surface area contributed by atoms with Gasteiger partial charge in [0.2, 0.25) is 0 Å². The van der Waals surface area contributed by atoms with Gasteiger partial charge in [-0.15, -0.1) is 0 Å². The van der Waals surface area contributed by atoms with Gasteiger partial charge in [-0.2, -0.15) is 0 Å². The molecule has 0 N–H and O–H groups in total. The largest absolute Gasteiger partial charge is 0.492 e. The van der Waals surface area contributed by atoms with E-state index in [2.05, 4.69) is 141 Å². The minimum atomic E-state index is -0.153. The Hall–Kier alpha value is -3.86. The molecule has 0 unspecified atom stereocenters. The molecule has 0 aromatic heterocycles. The van der Waals surface area contributed by atoms with Gasteiger partial charge in [0.1, 0.15) is 11.5 Å². The maximum absolute atomic E-state index is 6.41. The van der Waals surface area contributed by atoms with Crippen LogP contribution in [0.5, 0.6) is 11.5 Å². The van der Waals surface area contributed by atoms with Gasteiger partial charge in [-0.05, 0) is 79.6 Å². The normalized spacial score (nSPS) is 11.3. The fourth-order valence-corrected chi connectivity index (χ4v) is 8.10. The van der Waals surface area contributed by atoms with E-state index in [1.165, 1.54) is 24.5 Å². The number of hydrogen-bond donors (Lipinski definition) is 0. The predicted molar refractivity (Wildman–Crippen MR) is 179 cm³/mol. The molecule has 0 aliphatic heterocycles. The molecule has 0 radical (unpaired) electrons. The summed E-state index contributed by atoms with van der Waals surface area (Å²) in [4.78, 5) is 6.35. The molecular formula is C38H35O2S2+. The smallest absolute Gasteiger partial charge is 0.166 e. The number of benzene rings is 6. The number of fused-ring (bicyclic) bond motifs is 2. The molecule has 210 valence electrons. The monoisotopic (exact) mass is 587 g/mol. The Kier molecular flexibility index (Phi) is 9.03. The van der Waals surface area contributed by atoms with Crippen molar-refractivity contribution in [1.82, 2.24) is 0 Å². The second-order valence-corrected chi connectivity index (χ2v) is 13.3. The minimum absolute atomic E-state index is 0.153. The van der Waals surface area contributed by atoms with E-state index < -0.39 is 0 Å². The van der Waals surface area contributed by atoms with E-state index in [0.29, 0.717) is 13.2 Å². The summed E-state index contributed by atoms with van der Waals surface area (Å²) in [6, 6.07) is 45.8. The summed E-state index contributed by atoms with van der Waals surface area (Å²) in [5.41, 5.74) is 0. The maximum Gasteiger partial charge on any atom is 0.166 e. The SMILES string of the molecule is CCCOc1c2ccccc2c(OCCC)c2cc(Sc3ccc([S+](c4ccccc4)c4ccccc4)cc3)ccc12. The second kappa shape index (κ2) is 13.4. The van der Waals surface area contributed by atoms with Crippen LogP contribution in [-0.2, 0) is 10.9 Å². The van der Waals surface area contributed by atoms with Crippen LogP contribution in [0.25, 0.3) is 21.5 Å². The first kappa shape index (κ1) is 28.3. The molecule has 0 saturated carbocycles. The van der Waals surface area contributed by atoms with Crippen LogP contribution in [0.3, 0.4) is 0 Å². The third-order valence-electron chi connectivity index (χ3n) is 7.05. The van der Waals surface area contributed by atoms with Crippen molar-refractivity contribution in [3.05, 3.63) is 127 Å². The molecule has 0 heterocycles. The molecular weight excluding hydrogens is 553 g/mol. The van der Waals surface area contributed by atoms with Crippen molar-refractivity contribution in [2.24, 2.45) is 0 Å². The highest BCUT2D eigenvalue weighted by Gasteiger charge is 2.28. The molecule has 0 aliphatic rings. The van der Waals surface area contributed by atoms with Gasteiger partial charge >= 0.3 is 0 Å². The van der Waals surface area contributed by atoms with Gasteiger partial charge < -0.3 is 9.47 Å². The van der Waals surface area contributed by atoms with Crippen LogP contribution >= 0.6 is 11.8 Å². The lowest BCUT2D eigenvalue weighted by Gasteiger charge is -2.18. The third kappa shape index (κ3) is 6.01. The quantitative estimate of drug-likeness (QED) is 0.111. The van der Waals surface area contributed by atoms with Gasteiger partial charge in [0.25, 0.3) is 0 Å². The fourth-order valence-electron chi connectivity index (χ4n) is 5.16. The summed E-state index contributed by atoms with van der Waals surface area (Å²) in [5.74, 6) is 1.89. The van der Waals surface area contributed by atoms with E-state index in [-0.39, 0.29) is 10.9 Å². The lowest BCUT2D eigenvalue weighted by molar-refractivity contribution is 0.319. The highest BCUT2D eigenvalue weighted by Crippen LogP contribution is 2.45. The molecule has 0 bridgehead atoms. The van der Waals surface area contributed by atoms with Crippen molar-refractivity contribution in [1.29, 1.82) is 0 Å². The predicted octanol–water partition coefficient (Wildman–Crippen LogP) is 10.8. The first-order valence-electron chi connectivity index (χ1n) is 14.6. The van der Waals surface area contributed by atoms with Gasteiger partial charge in [-0.25, -0.2) is 0 Å². The van der Waals surface area contributed by atoms with Crippen LogP contribution < -0.4 is 9.47 Å². The van der Waals surface area contributed by atoms with Crippen molar-refractivity contribution >= 4 is 44.2 Å². The highest BCUT2D eigenvalue weighted by atomic mass is 32.2. The van der Waals surface area contributed by atoms with Gasteiger partial charge in [-0.1, -0.05) is 86.3 Å².